The van der Waals surface area contributed by atoms with E-state index in [0.29, 0.717) is 16.9 Å². The zero-order chi connectivity index (χ0) is 15.7. The summed E-state index contributed by atoms with van der Waals surface area (Å²) in [5, 5.41) is 13.2. The molecular weight excluding hydrogens is 302 g/mol. The van der Waals surface area contributed by atoms with Crippen molar-refractivity contribution < 1.29 is 14.6 Å². The monoisotopic (exact) mass is 315 g/mol. The van der Waals surface area contributed by atoms with Crippen molar-refractivity contribution in [3.63, 3.8) is 0 Å². The Morgan fingerprint density at radius 1 is 1.41 bits per heavy atom. The molecule has 1 aromatic carbocycles. The third-order valence-electron chi connectivity index (χ3n) is 3.21. The van der Waals surface area contributed by atoms with Crippen molar-refractivity contribution in [2.75, 3.05) is 6.61 Å². The van der Waals surface area contributed by atoms with Gasteiger partial charge in [-0.05, 0) is 42.8 Å². The van der Waals surface area contributed by atoms with Crippen molar-refractivity contribution >= 4 is 23.8 Å². The second-order valence-electron chi connectivity index (χ2n) is 4.60. The Balaban J connectivity index is 2.12. The summed E-state index contributed by atoms with van der Waals surface area (Å²) in [5.41, 5.74) is 2.06. The molecule has 0 spiro atoms. The molecule has 2 N–H and O–H groups in total. The van der Waals surface area contributed by atoms with Crippen molar-refractivity contribution in [1.29, 1.82) is 0 Å². The minimum atomic E-state index is -1.05. The van der Waals surface area contributed by atoms with Gasteiger partial charge in [-0.15, -0.1) is 0 Å². The Kier molecular flexibility index (Phi) is 3.64. The van der Waals surface area contributed by atoms with E-state index < -0.39 is 5.97 Å². The summed E-state index contributed by atoms with van der Waals surface area (Å²) in [5.74, 6) is -0.272. The van der Waals surface area contributed by atoms with Gasteiger partial charge in [0.15, 0.2) is 0 Å². The zero-order valence-corrected chi connectivity index (χ0v) is 12.6. The predicted octanol–water partition coefficient (Wildman–Crippen LogP) is 3.16. The van der Waals surface area contributed by atoms with E-state index in [2.05, 4.69) is 10.1 Å². The minimum Gasteiger partial charge on any atom is -0.494 e. The van der Waals surface area contributed by atoms with Crippen molar-refractivity contribution in [3.05, 3.63) is 46.7 Å². The molecule has 2 aromatic heterocycles. The normalized spacial score (nSPS) is 10.8. The molecule has 7 heteroatoms. The topological polar surface area (TPSA) is 79.6 Å². The molecule has 3 rings (SSSR count). The van der Waals surface area contributed by atoms with Crippen LogP contribution in [0.25, 0.3) is 16.9 Å². The lowest BCUT2D eigenvalue weighted by Gasteiger charge is -2.06. The number of nitrogens with one attached hydrogen (secondary N) is 1. The number of fused-ring (bicyclic) bond motifs is 1. The number of rotatable bonds is 4. The fourth-order valence-electron chi connectivity index (χ4n) is 2.19. The van der Waals surface area contributed by atoms with Crippen LogP contribution >= 0.6 is 12.2 Å². The Labute approximate surface area is 131 Å². The lowest BCUT2D eigenvalue weighted by Crippen LogP contribution is -1.99. The molecule has 3 aromatic rings. The number of nitrogens with zero attached hydrogens (tertiary/aromatic N) is 2. The van der Waals surface area contributed by atoms with Crippen LogP contribution < -0.4 is 4.74 Å². The van der Waals surface area contributed by atoms with E-state index >= 15 is 0 Å². The number of hydrogen-bond donors (Lipinski definition) is 2. The Hall–Kier alpha value is -2.67. The van der Waals surface area contributed by atoms with E-state index in [-0.39, 0.29) is 5.56 Å². The number of aromatic amines is 1. The largest absolute Gasteiger partial charge is 0.494 e. The van der Waals surface area contributed by atoms with Crippen LogP contribution in [0.15, 0.2) is 36.5 Å². The number of H-pyrrole nitrogens is 1. The van der Waals surface area contributed by atoms with Crippen LogP contribution in [-0.2, 0) is 0 Å². The summed E-state index contributed by atoms with van der Waals surface area (Å²) >= 11 is 5.27. The molecule has 22 heavy (non-hydrogen) atoms. The third kappa shape index (κ3) is 2.46. The van der Waals surface area contributed by atoms with Gasteiger partial charge in [-0.1, -0.05) is 12.2 Å². The average Bonchev–Trinajstić information content (AvgIpc) is 2.93. The molecule has 2 heterocycles. The number of aromatic carboxylic acids is 1. The van der Waals surface area contributed by atoms with Crippen LogP contribution in [0, 0.1) is 4.64 Å². The molecule has 0 radical (unpaired) electrons. The van der Waals surface area contributed by atoms with Gasteiger partial charge in [-0.2, -0.15) is 5.10 Å². The van der Waals surface area contributed by atoms with Crippen LogP contribution in [0.5, 0.6) is 5.75 Å². The number of carboxylic acids is 1. The van der Waals surface area contributed by atoms with Gasteiger partial charge in [-0.25, -0.2) is 9.31 Å². The third-order valence-corrected chi connectivity index (χ3v) is 3.50. The van der Waals surface area contributed by atoms with Crippen molar-refractivity contribution in [2.45, 2.75) is 6.92 Å². The molecule has 0 bridgehead atoms. The van der Waals surface area contributed by atoms with Crippen LogP contribution in [-0.4, -0.2) is 32.3 Å². The number of carboxylic acid groups (broad SMARTS) is 1. The summed E-state index contributed by atoms with van der Waals surface area (Å²) < 4.78 is 7.24. The van der Waals surface area contributed by atoms with E-state index in [0.717, 1.165) is 17.0 Å². The molecule has 0 saturated heterocycles. The second kappa shape index (κ2) is 5.61. The number of hydrogen-bond acceptors (Lipinski definition) is 4. The van der Waals surface area contributed by atoms with Crippen molar-refractivity contribution in [1.82, 2.24) is 14.6 Å². The fraction of sp³-hybridized carbons (Fsp3) is 0.133. The molecule has 0 aliphatic carbocycles. The number of carbonyl (C=O) groups is 1. The Bertz CT molecular complexity index is 897. The highest BCUT2D eigenvalue weighted by molar-refractivity contribution is 7.71. The Morgan fingerprint density at radius 2 is 2.14 bits per heavy atom. The molecular formula is C15H13N3O3S. The molecule has 0 atom stereocenters. The van der Waals surface area contributed by atoms with E-state index in [1.165, 1.54) is 10.7 Å². The summed E-state index contributed by atoms with van der Waals surface area (Å²) in [4.78, 5) is 14.3. The highest BCUT2D eigenvalue weighted by Crippen LogP contribution is 2.22. The second-order valence-corrected chi connectivity index (χ2v) is 5.02. The van der Waals surface area contributed by atoms with Gasteiger partial charge < -0.3 is 14.8 Å². The first-order chi connectivity index (χ1) is 10.6. The summed E-state index contributed by atoms with van der Waals surface area (Å²) in [6, 6.07) is 9.23. The number of benzene rings is 1. The highest BCUT2D eigenvalue weighted by Gasteiger charge is 2.13. The molecule has 0 fully saturated rings. The Morgan fingerprint density at radius 3 is 2.77 bits per heavy atom. The zero-order valence-electron chi connectivity index (χ0n) is 11.7. The van der Waals surface area contributed by atoms with Crippen LogP contribution in [0.3, 0.4) is 0 Å². The number of aromatic nitrogens is 3. The van der Waals surface area contributed by atoms with Gasteiger partial charge in [0, 0.05) is 5.69 Å². The fourth-order valence-corrected chi connectivity index (χ4v) is 2.45. The van der Waals surface area contributed by atoms with Gasteiger partial charge in [0.1, 0.15) is 21.6 Å². The lowest BCUT2D eigenvalue weighted by atomic mass is 10.1. The first-order valence-corrected chi connectivity index (χ1v) is 7.08. The van der Waals surface area contributed by atoms with Gasteiger partial charge in [0.25, 0.3) is 0 Å². The van der Waals surface area contributed by atoms with Gasteiger partial charge >= 0.3 is 5.97 Å². The molecule has 0 amide bonds. The first-order valence-electron chi connectivity index (χ1n) is 6.67. The van der Waals surface area contributed by atoms with Gasteiger partial charge in [-0.3, -0.25) is 0 Å². The first kappa shape index (κ1) is 14.3. The van der Waals surface area contributed by atoms with E-state index in [4.69, 9.17) is 17.0 Å². The van der Waals surface area contributed by atoms with E-state index in [1.807, 2.05) is 31.2 Å². The maximum atomic E-state index is 11.2. The maximum absolute atomic E-state index is 11.2. The summed E-state index contributed by atoms with van der Waals surface area (Å²) in [6.45, 7) is 2.53. The van der Waals surface area contributed by atoms with Gasteiger partial charge in [0.05, 0.1) is 12.8 Å². The molecule has 0 unspecified atom stereocenters. The standard InChI is InChI=1S/C15H13N3O3S/c1-2-21-10-5-3-9(4-6-10)12-7-13(22)18-14(17-12)11(8-16-18)15(19)20/h3-8,17H,2H2,1H3,(H,19,20). The van der Waals surface area contributed by atoms with Crippen LogP contribution in [0.4, 0.5) is 0 Å². The SMILES string of the molecule is CCOc1ccc(-c2cc(=S)n3ncc(C(=O)O)c3[nH]2)cc1. The minimum absolute atomic E-state index is 0.0823. The molecule has 112 valence electrons. The van der Waals surface area contributed by atoms with Crippen molar-refractivity contribution in [2.24, 2.45) is 0 Å². The number of ether oxygens (including phenoxy) is 1. The van der Waals surface area contributed by atoms with E-state index in [9.17, 15) is 9.90 Å². The summed E-state index contributed by atoms with van der Waals surface area (Å²) in [6.07, 6.45) is 1.28. The van der Waals surface area contributed by atoms with Crippen LogP contribution in [0.2, 0.25) is 0 Å². The molecule has 6 nitrogen and oxygen atoms in total. The lowest BCUT2D eigenvalue weighted by molar-refractivity contribution is 0.0699. The van der Waals surface area contributed by atoms with Gasteiger partial charge in [0.2, 0.25) is 0 Å². The highest BCUT2D eigenvalue weighted by atomic mass is 32.1. The smallest absolute Gasteiger partial charge is 0.341 e. The maximum Gasteiger partial charge on any atom is 0.341 e. The quantitative estimate of drug-likeness (QED) is 0.723. The molecule has 0 aliphatic heterocycles. The summed E-state index contributed by atoms with van der Waals surface area (Å²) in [7, 11) is 0. The average molecular weight is 315 g/mol. The molecule has 0 aliphatic rings. The van der Waals surface area contributed by atoms with Crippen molar-refractivity contribution in [3.8, 4) is 17.0 Å². The van der Waals surface area contributed by atoms with E-state index in [1.54, 1.807) is 6.07 Å². The predicted molar refractivity (Wildman–Crippen MR) is 83.9 cm³/mol. The molecule has 0 saturated carbocycles. The van der Waals surface area contributed by atoms with Crippen LogP contribution in [0.1, 0.15) is 17.3 Å².